The van der Waals surface area contributed by atoms with Crippen LogP contribution < -0.4 is 10.6 Å². The van der Waals surface area contributed by atoms with Gasteiger partial charge >= 0.3 is 0 Å². The third-order valence-electron chi connectivity index (χ3n) is 4.04. The summed E-state index contributed by atoms with van der Waals surface area (Å²) in [5, 5.41) is 4.84. The number of nitrogens with one attached hydrogen (secondary N) is 2. The Morgan fingerprint density at radius 1 is 0.966 bits per heavy atom. The molecule has 0 saturated carbocycles. The molecule has 1 saturated heterocycles. The van der Waals surface area contributed by atoms with Crippen LogP contribution in [0.25, 0.3) is 6.08 Å². The van der Waals surface area contributed by atoms with E-state index in [9.17, 15) is 19.2 Å². The highest BCUT2D eigenvalue weighted by molar-refractivity contribution is 8.18. The van der Waals surface area contributed by atoms with Crippen molar-refractivity contribution in [1.29, 1.82) is 0 Å². The molecule has 29 heavy (non-hydrogen) atoms. The molecule has 4 amide bonds. The third kappa shape index (κ3) is 5.32. The van der Waals surface area contributed by atoms with Crippen LogP contribution in [-0.4, -0.2) is 34.4 Å². The molecule has 0 aromatic heterocycles. The molecule has 8 heteroatoms. The van der Waals surface area contributed by atoms with Crippen molar-refractivity contribution in [1.82, 2.24) is 4.90 Å². The molecular weight excluding hydrogens is 390 g/mol. The van der Waals surface area contributed by atoms with E-state index in [0.29, 0.717) is 16.9 Å². The molecule has 1 fully saturated rings. The number of thioether (sulfide) groups is 1. The van der Waals surface area contributed by atoms with Crippen molar-refractivity contribution < 1.29 is 19.2 Å². The Bertz CT molecular complexity index is 998. The normalized spacial score (nSPS) is 15.0. The Kier molecular flexibility index (Phi) is 6.13. The molecule has 148 valence electrons. The monoisotopic (exact) mass is 409 g/mol. The lowest BCUT2D eigenvalue weighted by atomic mass is 10.2. The topological polar surface area (TPSA) is 95.6 Å². The van der Waals surface area contributed by atoms with Crippen molar-refractivity contribution in [2.75, 3.05) is 17.2 Å². The minimum absolute atomic E-state index is 0.178. The van der Waals surface area contributed by atoms with Gasteiger partial charge in [-0.15, -0.1) is 0 Å². The lowest BCUT2D eigenvalue weighted by molar-refractivity contribution is -0.127. The van der Waals surface area contributed by atoms with E-state index < -0.39 is 17.1 Å². The van der Waals surface area contributed by atoms with E-state index in [1.165, 1.54) is 6.92 Å². The second kappa shape index (κ2) is 8.74. The first-order chi connectivity index (χ1) is 13.8. The zero-order chi connectivity index (χ0) is 21.0. The molecule has 1 aliphatic heterocycles. The van der Waals surface area contributed by atoms with Crippen LogP contribution in [0, 0.1) is 6.92 Å². The summed E-state index contributed by atoms with van der Waals surface area (Å²) in [7, 11) is 0. The van der Waals surface area contributed by atoms with Crippen molar-refractivity contribution in [2.24, 2.45) is 0 Å². The fraction of sp³-hybridized carbons (Fsp3) is 0.143. The summed E-state index contributed by atoms with van der Waals surface area (Å²) in [6, 6.07) is 14.1. The molecule has 0 atom stereocenters. The number of carbonyl (C=O) groups excluding carboxylic acids is 4. The van der Waals surface area contributed by atoms with Gasteiger partial charge < -0.3 is 10.6 Å². The van der Waals surface area contributed by atoms with Crippen molar-refractivity contribution in [2.45, 2.75) is 13.8 Å². The maximum Gasteiger partial charge on any atom is 0.294 e. The Balaban J connectivity index is 1.65. The lowest BCUT2D eigenvalue weighted by Gasteiger charge is -2.12. The van der Waals surface area contributed by atoms with Crippen molar-refractivity contribution in [3.8, 4) is 0 Å². The predicted octanol–water partition coefficient (Wildman–Crippen LogP) is 3.63. The van der Waals surface area contributed by atoms with Crippen LogP contribution in [0.2, 0.25) is 0 Å². The molecule has 3 rings (SSSR count). The lowest BCUT2D eigenvalue weighted by Crippen LogP contribution is -2.36. The second-order valence-electron chi connectivity index (χ2n) is 6.49. The van der Waals surface area contributed by atoms with E-state index in [0.717, 1.165) is 22.2 Å². The summed E-state index contributed by atoms with van der Waals surface area (Å²) in [6.07, 6.45) is 1.58. The minimum Gasteiger partial charge on any atom is -0.326 e. The van der Waals surface area contributed by atoms with Gasteiger partial charge in [-0.25, -0.2) is 0 Å². The van der Waals surface area contributed by atoms with Crippen LogP contribution in [0.15, 0.2) is 53.4 Å². The van der Waals surface area contributed by atoms with Crippen LogP contribution in [0.3, 0.4) is 0 Å². The minimum atomic E-state index is -0.509. The Morgan fingerprint density at radius 2 is 1.55 bits per heavy atom. The van der Waals surface area contributed by atoms with Gasteiger partial charge in [-0.05, 0) is 54.6 Å². The maximum atomic E-state index is 12.5. The summed E-state index contributed by atoms with van der Waals surface area (Å²) < 4.78 is 0. The highest BCUT2D eigenvalue weighted by Gasteiger charge is 2.36. The average Bonchev–Trinajstić information content (AvgIpc) is 2.92. The summed E-state index contributed by atoms with van der Waals surface area (Å²) in [5.74, 6) is -1.13. The van der Waals surface area contributed by atoms with E-state index in [1.807, 2.05) is 19.1 Å². The molecule has 1 heterocycles. The van der Waals surface area contributed by atoms with Crippen LogP contribution in [0.1, 0.15) is 18.1 Å². The molecule has 0 radical (unpaired) electrons. The first-order valence-electron chi connectivity index (χ1n) is 8.81. The van der Waals surface area contributed by atoms with E-state index in [2.05, 4.69) is 10.6 Å². The summed E-state index contributed by atoms with van der Waals surface area (Å²) in [5.41, 5.74) is 3.00. The van der Waals surface area contributed by atoms with Gasteiger partial charge in [0.05, 0.1) is 4.91 Å². The van der Waals surface area contributed by atoms with Crippen LogP contribution in [-0.2, 0) is 14.4 Å². The number of hydrogen-bond acceptors (Lipinski definition) is 5. The number of aryl methyl sites for hydroxylation is 1. The number of hydrogen-bond donors (Lipinski definition) is 2. The Morgan fingerprint density at radius 3 is 2.17 bits per heavy atom. The second-order valence-corrected chi connectivity index (χ2v) is 7.48. The number of benzene rings is 2. The highest BCUT2D eigenvalue weighted by atomic mass is 32.2. The number of amides is 4. The molecular formula is C21H19N3O4S. The van der Waals surface area contributed by atoms with Gasteiger partial charge in [0.1, 0.15) is 6.54 Å². The van der Waals surface area contributed by atoms with Crippen LogP contribution >= 0.6 is 11.8 Å². The summed E-state index contributed by atoms with van der Waals surface area (Å²) in [4.78, 5) is 49.2. The summed E-state index contributed by atoms with van der Waals surface area (Å²) >= 11 is 0.791. The first kappa shape index (κ1) is 20.3. The molecule has 7 nitrogen and oxygen atoms in total. The van der Waals surface area contributed by atoms with Gasteiger partial charge in [0.15, 0.2) is 0 Å². The zero-order valence-electron chi connectivity index (χ0n) is 15.9. The number of nitrogens with zero attached hydrogens (tertiary/aromatic N) is 1. The van der Waals surface area contributed by atoms with Gasteiger partial charge in [0, 0.05) is 18.3 Å². The van der Waals surface area contributed by atoms with Crippen LogP contribution in [0.5, 0.6) is 0 Å². The molecule has 2 aromatic rings. The van der Waals surface area contributed by atoms with E-state index >= 15 is 0 Å². The number of imide groups is 1. The highest BCUT2D eigenvalue weighted by Crippen LogP contribution is 2.32. The largest absolute Gasteiger partial charge is 0.326 e. The van der Waals surface area contributed by atoms with Crippen molar-refractivity contribution in [3.63, 3.8) is 0 Å². The quantitative estimate of drug-likeness (QED) is 0.736. The van der Waals surface area contributed by atoms with Crippen molar-refractivity contribution in [3.05, 3.63) is 64.6 Å². The van der Waals surface area contributed by atoms with Gasteiger partial charge in [-0.3, -0.25) is 24.1 Å². The average molecular weight is 409 g/mol. The predicted molar refractivity (Wildman–Crippen MR) is 113 cm³/mol. The van der Waals surface area contributed by atoms with E-state index in [1.54, 1.807) is 42.5 Å². The zero-order valence-corrected chi connectivity index (χ0v) is 16.7. The number of anilines is 2. The van der Waals surface area contributed by atoms with E-state index in [-0.39, 0.29) is 17.4 Å². The first-order valence-corrected chi connectivity index (χ1v) is 9.63. The Hall–Kier alpha value is -3.39. The van der Waals surface area contributed by atoms with Gasteiger partial charge in [-0.1, -0.05) is 29.8 Å². The third-order valence-corrected chi connectivity index (χ3v) is 4.95. The fourth-order valence-corrected chi connectivity index (χ4v) is 3.47. The maximum absolute atomic E-state index is 12.5. The standard InChI is InChI=1S/C21H19N3O4S/c1-13-3-7-17(8-4-13)23-19(26)12-24-20(27)18(29-21(24)28)11-15-5-9-16(10-6-15)22-14(2)25/h3-11H,12H2,1-2H3,(H,22,25)(H,23,26)/b18-11-. The summed E-state index contributed by atoms with van der Waals surface area (Å²) in [6.45, 7) is 3.00. The molecule has 2 aromatic carbocycles. The number of rotatable bonds is 5. The van der Waals surface area contributed by atoms with Gasteiger partial charge in [-0.2, -0.15) is 0 Å². The SMILES string of the molecule is CC(=O)Nc1ccc(/C=C2\SC(=O)N(CC(=O)Nc3ccc(C)cc3)C2=O)cc1. The molecule has 1 aliphatic rings. The smallest absolute Gasteiger partial charge is 0.294 e. The van der Waals surface area contributed by atoms with Gasteiger partial charge in [0.25, 0.3) is 11.1 Å². The molecule has 0 bridgehead atoms. The Labute approximate surface area is 172 Å². The molecule has 0 spiro atoms. The number of carbonyl (C=O) groups is 4. The van der Waals surface area contributed by atoms with Crippen LogP contribution in [0.4, 0.5) is 16.2 Å². The molecule has 2 N–H and O–H groups in total. The van der Waals surface area contributed by atoms with Gasteiger partial charge in [0.2, 0.25) is 11.8 Å². The molecule has 0 aliphatic carbocycles. The molecule has 0 unspecified atom stereocenters. The fourth-order valence-electron chi connectivity index (χ4n) is 2.63. The van der Waals surface area contributed by atoms with Crippen molar-refractivity contribution >= 4 is 52.2 Å². The van der Waals surface area contributed by atoms with E-state index in [4.69, 9.17) is 0 Å².